The van der Waals surface area contributed by atoms with E-state index in [1.807, 2.05) is 0 Å². The molecule has 1 N–H and O–H groups in total. The number of rotatable bonds is 41. The lowest BCUT2D eigenvalue weighted by molar-refractivity contribution is -0.727. The molecule has 0 saturated carbocycles. The van der Waals surface area contributed by atoms with Gasteiger partial charge in [-0.15, -0.1) is 0 Å². The maximum Gasteiger partial charge on any atom is 0.257 e. The second kappa shape index (κ2) is 38.0. The summed E-state index contributed by atoms with van der Waals surface area (Å²) in [5.41, 5.74) is 0. The van der Waals surface area contributed by atoms with Crippen molar-refractivity contribution in [2.45, 2.75) is 290 Å². The van der Waals surface area contributed by atoms with E-state index in [0.717, 1.165) is 0 Å². The Morgan fingerprint density at radius 1 is 0.380 bits per heavy atom. The Labute approximate surface area is 316 Å². The smallest absolute Gasteiger partial charge is 0.247 e. The number of aromatic amines is 1. The van der Waals surface area contributed by atoms with E-state index in [4.69, 9.17) is 0 Å². The number of aromatic nitrogens is 2. The first-order valence-corrected chi connectivity index (χ1v) is 23.8. The molecule has 0 radical (unpaired) electrons. The Morgan fingerprint density at radius 3 is 0.940 bits per heavy atom. The van der Waals surface area contributed by atoms with Crippen molar-refractivity contribution < 1.29 is 4.57 Å². The zero-order valence-electron chi connectivity index (χ0n) is 35.3. The monoisotopic (exact) mass is 700 g/mol. The summed E-state index contributed by atoms with van der Waals surface area (Å²) in [5.74, 6) is 2.25. The highest BCUT2D eigenvalue weighted by atomic mass is 15.1. The summed E-state index contributed by atoms with van der Waals surface area (Å²) in [5, 5.41) is 0. The van der Waals surface area contributed by atoms with Crippen LogP contribution >= 0.6 is 0 Å². The molecule has 0 fully saturated rings. The fourth-order valence-electron chi connectivity index (χ4n) is 8.37. The van der Waals surface area contributed by atoms with Crippen LogP contribution in [0.15, 0.2) is 12.4 Å². The Balaban J connectivity index is 2.34. The molecule has 2 nitrogen and oxygen atoms in total. The highest BCUT2D eigenvalue weighted by Crippen LogP contribution is 2.28. The van der Waals surface area contributed by atoms with Gasteiger partial charge in [0, 0.05) is 0 Å². The van der Waals surface area contributed by atoms with Crippen LogP contribution in [0, 0.1) is 0 Å². The third-order valence-corrected chi connectivity index (χ3v) is 11.9. The molecule has 1 heterocycles. The highest BCUT2D eigenvalue weighted by Gasteiger charge is 2.25. The summed E-state index contributed by atoms with van der Waals surface area (Å²) < 4.78 is 2.65. The number of imidazole rings is 1. The number of nitrogens with one attached hydrogen (secondary N) is 1. The number of H-pyrrole nitrogens is 1. The Kier molecular flexibility index (Phi) is 35.8. The van der Waals surface area contributed by atoms with Crippen LogP contribution in [-0.4, -0.2) is 4.98 Å². The minimum absolute atomic E-state index is 0.617. The molecule has 0 amide bonds. The molecule has 0 spiro atoms. The largest absolute Gasteiger partial charge is 0.257 e. The van der Waals surface area contributed by atoms with Gasteiger partial charge in [0.1, 0.15) is 12.4 Å². The van der Waals surface area contributed by atoms with Crippen LogP contribution in [0.4, 0.5) is 0 Å². The molecular formula is C48H95N2+. The molecule has 296 valence electrons. The standard InChI is InChI=1S/C48H94N2/c1-5-8-11-14-17-20-22-23-24-25-26-28-31-34-37-40-43-47(42-39-36-33-29-19-16-13-10-7-3)48-49-44-45-50(48)46(4)41-38-35-32-30-27-21-18-15-12-9-6-2/h44-47H,5-43H2,1-4H3/p+1. The first kappa shape index (κ1) is 47.2. The number of hydrogen-bond donors (Lipinski definition) is 1. The van der Waals surface area contributed by atoms with Gasteiger partial charge in [0.05, 0.1) is 12.0 Å². The highest BCUT2D eigenvalue weighted by molar-refractivity contribution is 4.90. The third-order valence-electron chi connectivity index (χ3n) is 11.9. The van der Waals surface area contributed by atoms with Crippen molar-refractivity contribution in [1.29, 1.82) is 0 Å². The topological polar surface area (TPSA) is 19.7 Å². The summed E-state index contributed by atoms with van der Waals surface area (Å²) in [6, 6.07) is 0.617. The molecular weight excluding hydrogens is 605 g/mol. The van der Waals surface area contributed by atoms with Gasteiger partial charge < -0.3 is 0 Å². The zero-order chi connectivity index (χ0) is 36.0. The van der Waals surface area contributed by atoms with Gasteiger partial charge in [0.2, 0.25) is 0 Å². The molecule has 0 aliphatic rings. The summed E-state index contributed by atoms with van der Waals surface area (Å²) in [6.07, 6.45) is 60.6. The van der Waals surface area contributed by atoms with Gasteiger partial charge in [-0.2, -0.15) is 0 Å². The Morgan fingerprint density at radius 2 is 0.640 bits per heavy atom. The van der Waals surface area contributed by atoms with Crippen LogP contribution in [0.5, 0.6) is 0 Å². The molecule has 0 saturated heterocycles. The average Bonchev–Trinajstić information content (AvgIpc) is 3.62. The minimum Gasteiger partial charge on any atom is -0.247 e. The fraction of sp³-hybridized carbons (Fsp3) is 0.938. The van der Waals surface area contributed by atoms with Crippen molar-refractivity contribution in [2.24, 2.45) is 0 Å². The Bertz CT molecular complexity index is 768. The predicted octanol–water partition coefficient (Wildman–Crippen LogP) is 17.2. The van der Waals surface area contributed by atoms with E-state index in [-0.39, 0.29) is 0 Å². The van der Waals surface area contributed by atoms with E-state index in [0.29, 0.717) is 12.0 Å². The van der Waals surface area contributed by atoms with Crippen molar-refractivity contribution in [3.8, 4) is 0 Å². The SMILES string of the molecule is CCCCCCCCCCCCCCCCCCC(CCCCCCCCCCC)c1[nH]cc[n+]1C(C)CCCCCCCCCCCCC. The lowest BCUT2D eigenvalue weighted by Crippen LogP contribution is -2.41. The van der Waals surface area contributed by atoms with Crippen LogP contribution in [-0.2, 0) is 0 Å². The summed E-state index contributed by atoms with van der Waals surface area (Å²) in [7, 11) is 0. The van der Waals surface area contributed by atoms with Crippen LogP contribution in [0.1, 0.15) is 296 Å². The molecule has 2 unspecified atom stereocenters. The summed E-state index contributed by atoms with van der Waals surface area (Å²) in [6.45, 7) is 9.44. The van der Waals surface area contributed by atoms with Gasteiger partial charge in [-0.3, -0.25) is 0 Å². The second-order valence-electron chi connectivity index (χ2n) is 16.8. The van der Waals surface area contributed by atoms with Crippen molar-refractivity contribution in [2.75, 3.05) is 0 Å². The molecule has 0 aliphatic carbocycles. The fourth-order valence-corrected chi connectivity index (χ4v) is 8.37. The van der Waals surface area contributed by atoms with Gasteiger partial charge in [0.15, 0.2) is 0 Å². The van der Waals surface area contributed by atoms with Crippen LogP contribution in [0.25, 0.3) is 0 Å². The van der Waals surface area contributed by atoms with Crippen molar-refractivity contribution in [3.05, 3.63) is 18.2 Å². The molecule has 2 heteroatoms. The molecule has 0 bridgehead atoms. The maximum absolute atomic E-state index is 3.78. The zero-order valence-corrected chi connectivity index (χ0v) is 35.3. The van der Waals surface area contributed by atoms with E-state index in [9.17, 15) is 0 Å². The lowest BCUT2D eigenvalue weighted by atomic mass is 9.92. The van der Waals surface area contributed by atoms with Crippen molar-refractivity contribution >= 4 is 0 Å². The van der Waals surface area contributed by atoms with Crippen molar-refractivity contribution in [1.82, 2.24) is 4.98 Å². The molecule has 0 aliphatic heterocycles. The normalized spacial score (nSPS) is 13.0. The molecule has 2 atom stereocenters. The molecule has 1 aromatic rings. The van der Waals surface area contributed by atoms with Gasteiger partial charge >= 0.3 is 0 Å². The first-order chi connectivity index (χ1) is 24.7. The summed E-state index contributed by atoms with van der Waals surface area (Å²) in [4.78, 5) is 3.78. The van der Waals surface area contributed by atoms with Gasteiger partial charge in [0.25, 0.3) is 5.82 Å². The summed E-state index contributed by atoms with van der Waals surface area (Å²) >= 11 is 0. The number of unbranched alkanes of at least 4 members (excludes halogenated alkanes) is 33. The average molecular weight is 700 g/mol. The molecule has 1 aromatic heterocycles. The van der Waals surface area contributed by atoms with Gasteiger partial charge in [-0.05, 0) is 32.6 Å². The second-order valence-corrected chi connectivity index (χ2v) is 16.8. The van der Waals surface area contributed by atoms with E-state index in [1.54, 1.807) is 5.82 Å². The number of hydrogen-bond acceptors (Lipinski definition) is 0. The number of nitrogens with zero attached hydrogens (tertiary/aromatic N) is 1. The maximum atomic E-state index is 3.78. The lowest BCUT2D eigenvalue weighted by Gasteiger charge is -2.17. The quantitative estimate of drug-likeness (QED) is 0.0518. The van der Waals surface area contributed by atoms with Crippen LogP contribution in [0.3, 0.4) is 0 Å². The molecule has 0 aromatic carbocycles. The molecule has 1 rings (SSSR count). The van der Waals surface area contributed by atoms with Crippen LogP contribution in [0.2, 0.25) is 0 Å². The minimum atomic E-state index is 0.617. The van der Waals surface area contributed by atoms with Crippen LogP contribution < -0.4 is 4.57 Å². The van der Waals surface area contributed by atoms with Crippen molar-refractivity contribution in [3.63, 3.8) is 0 Å². The van der Waals surface area contributed by atoms with E-state index >= 15 is 0 Å². The van der Waals surface area contributed by atoms with Gasteiger partial charge in [-0.1, -0.05) is 245 Å². The third kappa shape index (κ3) is 28.8. The van der Waals surface area contributed by atoms with E-state index < -0.39 is 0 Å². The van der Waals surface area contributed by atoms with E-state index in [1.165, 1.54) is 250 Å². The Hall–Kier alpha value is -0.790. The van der Waals surface area contributed by atoms with E-state index in [2.05, 4.69) is 49.6 Å². The molecule has 50 heavy (non-hydrogen) atoms. The van der Waals surface area contributed by atoms with Gasteiger partial charge in [-0.25, -0.2) is 9.55 Å². The predicted molar refractivity (Wildman–Crippen MR) is 226 cm³/mol. The first-order valence-electron chi connectivity index (χ1n) is 23.8.